The fourth-order valence-electron chi connectivity index (χ4n) is 1.79. The Morgan fingerprint density at radius 2 is 1.59 bits per heavy atom. The van der Waals surface area contributed by atoms with Gasteiger partial charge in [0.2, 0.25) is 0 Å². The van der Waals surface area contributed by atoms with E-state index in [-0.39, 0.29) is 11.1 Å². The highest BCUT2D eigenvalue weighted by Gasteiger charge is 2.14. The van der Waals surface area contributed by atoms with E-state index in [0.717, 1.165) is 18.2 Å². The minimum Gasteiger partial charge on any atom is -0.545 e. The highest BCUT2D eigenvalue weighted by Crippen LogP contribution is 2.22. The van der Waals surface area contributed by atoms with Crippen LogP contribution in [-0.4, -0.2) is 17.8 Å². The van der Waals surface area contributed by atoms with Gasteiger partial charge >= 0.3 is 0 Å². The lowest BCUT2D eigenvalue weighted by molar-refractivity contribution is -0.255. The molecule has 22 heavy (non-hydrogen) atoms. The van der Waals surface area contributed by atoms with Gasteiger partial charge in [0.05, 0.1) is 17.6 Å². The Kier molecular flexibility index (Phi) is 4.57. The van der Waals surface area contributed by atoms with Crippen LogP contribution in [0.3, 0.4) is 0 Å². The first-order valence-corrected chi connectivity index (χ1v) is 6.82. The van der Waals surface area contributed by atoms with Crippen molar-refractivity contribution >= 4 is 39.5 Å². The van der Waals surface area contributed by atoms with Crippen LogP contribution in [0.15, 0.2) is 46.9 Å². The SMILES string of the molecule is O=C([O-])c1ccc(C(=O)Nc2ccccc2Br)c(C(=O)[O-])c1. The standard InChI is InChI=1S/C15H10BrNO5/c16-11-3-1-2-4-12(11)17-13(18)9-6-5-8(14(19)20)7-10(9)15(21)22/h1-7H,(H,17,18)(H,19,20)(H,21,22)/p-2. The summed E-state index contributed by atoms with van der Waals surface area (Å²) in [6, 6.07) is 9.80. The molecule has 0 heterocycles. The first-order chi connectivity index (χ1) is 10.4. The number of carbonyl (C=O) groups is 3. The molecule has 1 N–H and O–H groups in total. The van der Waals surface area contributed by atoms with Crippen LogP contribution in [0.4, 0.5) is 5.69 Å². The number of carboxylic acid groups (broad SMARTS) is 2. The second-order valence-electron chi connectivity index (χ2n) is 4.27. The molecule has 2 aromatic rings. The molecule has 0 saturated carbocycles. The van der Waals surface area contributed by atoms with Crippen LogP contribution in [0.5, 0.6) is 0 Å². The fourth-order valence-corrected chi connectivity index (χ4v) is 2.17. The Labute approximate surface area is 133 Å². The third-order valence-corrected chi connectivity index (χ3v) is 3.53. The number of amides is 1. The summed E-state index contributed by atoms with van der Waals surface area (Å²) in [7, 11) is 0. The average molecular weight is 362 g/mol. The van der Waals surface area contributed by atoms with Gasteiger partial charge in [-0.25, -0.2) is 0 Å². The second-order valence-corrected chi connectivity index (χ2v) is 5.12. The lowest BCUT2D eigenvalue weighted by atomic mass is 10.0. The summed E-state index contributed by atoms with van der Waals surface area (Å²) in [5, 5.41) is 24.4. The van der Waals surface area contributed by atoms with Crippen molar-refractivity contribution in [3.63, 3.8) is 0 Å². The van der Waals surface area contributed by atoms with Crippen LogP contribution < -0.4 is 15.5 Å². The zero-order valence-electron chi connectivity index (χ0n) is 11.0. The summed E-state index contributed by atoms with van der Waals surface area (Å²) in [6.07, 6.45) is 0. The van der Waals surface area contributed by atoms with Gasteiger partial charge in [0.1, 0.15) is 0 Å². The van der Waals surface area contributed by atoms with E-state index < -0.39 is 23.4 Å². The van der Waals surface area contributed by atoms with Gasteiger partial charge in [0, 0.05) is 15.6 Å². The molecular formula is C15H8BrNO5-2. The van der Waals surface area contributed by atoms with Gasteiger partial charge in [-0.2, -0.15) is 0 Å². The number of hydrogen-bond acceptors (Lipinski definition) is 5. The maximum atomic E-state index is 12.2. The van der Waals surface area contributed by atoms with Crippen molar-refractivity contribution in [3.8, 4) is 0 Å². The van der Waals surface area contributed by atoms with Crippen LogP contribution in [-0.2, 0) is 0 Å². The van der Waals surface area contributed by atoms with Crippen LogP contribution >= 0.6 is 15.9 Å². The van der Waals surface area contributed by atoms with Crippen molar-refractivity contribution < 1.29 is 24.6 Å². The largest absolute Gasteiger partial charge is 0.545 e. The number of para-hydroxylation sites is 1. The van der Waals surface area contributed by atoms with Crippen molar-refractivity contribution in [1.82, 2.24) is 0 Å². The molecule has 0 atom stereocenters. The summed E-state index contributed by atoms with van der Waals surface area (Å²) in [6.45, 7) is 0. The molecule has 0 spiro atoms. The molecule has 112 valence electrons. The maximum absolute atomic E-state index is 12.2. The number of halogens is 1. The maximum Gasteiger partial charge on any atom is 0.256 e. The van der Waals surface area contributed by atoms with E-state index in [1.165, 1.54) is 0 Å². The average Bonchev–Trinajstić information content (AvgIpc) is 2.48. The van der Waals surface area contributed by atoms with Gasteiger partial charge in [-0.05, 0) is 45.8 Å². The number of anilines is 1. The van der Waals surface area contributed by atoms with E-state index >= 15 is 0 Å². The minimum absolute atomic E-state index is 0.208. The third-order valence-electron chi connectivity index (χ3n) is 2.84. The Bertz CT molecular complexity index is 772. The van der Waals surface area contributed by atoms with E-state index in [4.69, 9.17) is 0 Å². The number of carboxylic acids is 2. The molecule has 1 amide bonds. The third kappa shape index (κ3) is 3.32. The fraction of sp³-hybridized carbons (Fsp3) is 0. The zero-order chi connectivity index (χ0) is 16.3. The van der Waals surface area contributed by atoms with Gasteiger partial charge in [-0.3, -0.25) is 4.79 Å². The minimum atomic E-state index is -1.65. The first-order valence-electron chi connectivity index (χ1n) is 6.02. The van der Waals surface area contributed by atoms with Gasteiger partial charge < -0.3 is 25.1 Å². The lowest BCUT2D eigenvalue weighted by Crippen LogP contribution is -2.28. The van der Waals surface area contributed by atoms with Crippen molar-refractivity contribution in [3.05, 3.63) is 63.6 Å². The van der Waals surface area contributed by atoms with Gasteiger partial charge in [0.15, 0.2) is 0 Å². The normalized spacial score (nSPS) is 10.0. The zero-order valence-corrected chi connectivity index (χ0v) is 12.5. The second kappa shape index (κ2) is 6.40. The molecule has 2 rings (SSSR count). The highest BCUT2D eigenvalue weighted by molar-refractivity contribution is 9.10. The summed E-state index contributed by atoms with van der Waals surface area (Å²) in [4.78, 5) is 34.1. The quantitative estimate of drug-likeness (QED) is 0.848. The number of benzene rings is 2. The van der Waals surface area contributed by atoms with E-state index in [1.54, 1.807) is 24.3 Å². The number of hydrogen-bond donors (Lipinski definition) is 1. The van der Waals surface area contributed by atoms with Crippen LogP contribution in [0.25, 0.3) is 0 Å². The highest BCUT2D eigenvalue weighted by atomic mass is 79.9. The van der Waals surface area contributed by atoms with E-state index in [1.807, 2.05) is 0 Å². The van der Waals surface area contributed by atoms with E-state index in [9.17, 15) is 24.6 Å². The lowest BCUT2D eigenvalue weighted by Gasteiger charge is -2.14. The molecule has 0 radical (unpaired) electrons. The van der Waals surface area contributed by atoms with Crippen molar-refractivity contribution in [1.29, 1.82) is 0 Å². The van der Waals surface area contributed by atoms with Crippen LogP contribution in [0, 0.1) is 0 Å². The Hall–Kier alpha value is -2.67. The summed E-state index contributed by atoms with van der Waals surface area (Å²) >= 11 is 3.25. The van der Waals surface area contributed by atoms with Crippen LogP contribution in [0.2, 0.25) is 0 Å². The molecule has 0 unspecified atom stereocenters. The Morgan fingerprint density at radius 1 is 0.909 bits per heavy atom. The molecule has 0 bridgehead atoms. The molecule has 0 fully saturated rings. The smallest absolute Gasteiger partial charge is 0.256 e. The van der Waals surface area contributed by atoms with Gasteiger partial charge in [0.25, 0.3) is 5.91 Å². The van der Waals surface area contributed by atoms with Crippen molar-refractivity contribution in [2.24, 2.45) is 0 Å². The molecule has 0 aliphatic heterocycles. The molecule has 6 nitrogen and oxygen atoms in total. The van der Waals surface area contributed by atoms with Crippen molar-refractivity contribution in [2.45, 2.75) is 0 Å². The van der Waals surface area contributed by atoms with Crippen molar-refractivity contribution in [2.75, 3.05) is 5.32 Å². The molecule has 0 aliphatic carbocycles. The Morgan fingerprint density at radius 3 is 2.18 bits per heavy atom. The van der Waals surface area contributed by atoms with Gasteiger partial charge in [-0.1, -0.05) is 18.2 Å². The summed E-state index contributed by atoms with van der Waals surface area (Å²) in [5.41, 5.74) is -0.635. The molecule has 7 heteroatoms. The summed E-state index contributed by atoms with van der Waals surface area (Å²) < 4.78 is 0.615. The summed E-state index contributed by atoms with van der Waals surface area (Å²) in [5.74, 6) is -3.89. The van der Waals surface area contributed by atoms with Gasteiger partial charge in [-0.15, -0.1) is 0 Å². The Balaban J connectivity index is 2.39. The van der Waals surface area contributed by atoms with Crippen LogP contribution in [0.1, 0.15) is 31.1 Å². The molecule has 0 saturated heterocycles. The topological polar surface area (TPSA) is 109 Å². The monoisotopic (exact) mass is 361 g/mol. The molecule has 0 aliphatic rings. The number of rotatable bonds is 4. The predicted molar refractivity (Wildman–Crippen MR) is 77.2 cm³/mol. The molecule has 2 aromatic carbocycles. The number of nitrogens with one attached hydrogen (secondary N) is 1. The molecular weight excluding hydrogens is 354 g/mol. The molecule has 0 aromatic heterocycles. The first kappa shape index (κ1) is 15.7. The van der Waals surface area contributed by atoms with E-state index in [0.29, 0.717) is 10.2 Å². The number of aromatic carboxylic acids is 2. The number of carbonyl (C=O) groups excluding carboxylic acids is 3. The predicted octanol–water partition coefficient (Wildman–Crippen LogP) is 0.428. The van der Waals surface area contributed by atoms with E-state index in [2.05, 4.69) is 21.2 Å².